The summed E-state index contributed by atoms with van der Waals surface area (Å²) in [5.41, 5.74) is 1.95. The van der Waals surface area contributed by atoms with Gasteiger partial charge in [-0.1, -0.05) is 31.4 Å². The SMILES string of the molecule is N#Cc1ccc(CN2CCCN(CC(=O)NC3CCCCC3)CC2)cc1. The Balaban J connectivity index is 1.42. The Morgan fingerprint density at radius 3 is 2.42 bits per heavy atom. The summed E-state index contributed by atoms with van der Waals surface area (Å²) in [6.45, 7) is 5.41. The highest BCUT2D eigenvalue weighted by molar-refractivity contribution is 5.78. The molecule has 1 N–H and O–H groups in total. The van der Waals surface area contributed by atoms with Gasteiger partial charge in [-0.05, 0) is 50.0 Å². The second kappa shape index (κ2) is 9.70. The Labute approximate surface area is 157 Å². The van der Waals surface area contributed by atoms with Crippen molar-refractivity contribution in [2.45, 2.75) is 51.1 Å². The van der Waals surface area contributed by atoms with E-state index < -0.39 is 0 Å². The van der Waals surface area contributed by atoms with Crippen LogP contribution in [0.2, 0.25) is 0 Å². The molecule has 5 heteroatoms. The van der Waals surface area contributed by atoms with Crippen molar-refractivity contribution in [3.63, 3.8) is 0 Å². The molecule has 1 amide bonds. The predicted molar refractivity (Wildman–Crippen MR) is 103 cm³/mol. The van der Waals surface area contributed by atoms with Gasteiger partial charge in [0.05, 0.1) is 18.2 Å². The van der Waals surface area contributed by atoms with Crippen LogP contribution in [-0.2, 0) is 11.3 Å². The topological polar surface area (TPSA) is 59.4 Å². The number of benzene rings is 1. The third-order valence-corrected chi connectivity index (χ3v) is 5.51. The monoisotopic (exact) mass is 354 g/mol. The molecule has 3 rings (SSSR count). The molecule has 0 spiro atoms. The minimum Gasteiger partial charge on any atom is -0.352 e. The first kappa shape index (κ1) is 18.9. The maximum Gasteiger partial charge on any atom is 0.234 e. The van der Waals surface area contributed by atoms with Gasteiger partial charge >= 0.3 is 0 Å². The number of hydrogen-bond acceptors (Lipinski definition) is 4. The molecule has 1 saturated heterocycles. The Hall–Kier alpha value is -1.90. The Morgan fingerprint density at radius 2 is 1.69 bits per heavy atom. The van der Waals surface area contributed by atoms with Crippen LogP contribution in [0.1, 0.15) is 49.7 Å². The molecule has 0 radical (unpaired) electrons. The van der Waals surface area contributed by atoms with Crippen molar-refractivity contribution in [3.8, 4) is 6.07 Å². The molecule has 5 nitrogen and oxygen atoms in total. The van der Waals surface area contributed by atoms with Gasteiger partial charge in [0.2, 0.25) is 5.91 Å². The van der Waals surface area contributed by atoms with E-state index in [1.165, 1.54) is 24.8 Å². The fourth-order valence-corrected chi connectivity index (χ4v) is 4.01. The van der Waals surface area contributed by atoms with E-state index in [1.54, 1.807) is 0 Å². The average molecular weight is 354 g/mol. The summed E-state index contributed by atoms with van der Waals surface area (Å²) < 4.78 is 0. The molecule has 0 unspecified atom stereocenters. The highest BCUT2D eigenvalue weighted by Crippen LogP contribution is 2.17. The fraction of sp³-hybridized carbons (Fsp3) is 0.619. The predicted octanol–water partition coefficient (Wildman–Crippen LogP) is 2.51. The number of nitrogens with zero attached hydrogens (tertiary/aromatic N) is 3. The quantitative estimate of drug-likeness (QED) is 0.883. The second-order valence-electron chi connectivity index (χ2n) is 7.62. The van der Waals surface area contributed by atoms with Crippen LogP contribution in [-0.4, -0.2) is 54.5 Å². The lowest BCUT2D eigenvalue weighted by atomic mass is 9.95. The van der Waals surface area contributed by atoms with E-state index in [4.69, 9.17) is 5.26 Å². The molecule has 26 heavy (non-hydrogen) atoms. The lowest BCUT2D eigenvalue weighted by Crippen LogP contribution is -2.43. The molecule has 0 aromatic heterocycles. The maximum absolute atomic E-state index is 12.3. The van der Waals surface area contributed by atoms with Gasteiger partial charge < -0.3 is 5.32 Å². The van der Waals surface area contributed by atoms with E-state index >= 15 is 0 Å². The molecule has 0 atom stereocenters. The first-order valence-electron chi connectivity index (χ1n) is 9.96. The summed E-state index contributed by atoms with van der Waals surface area (Å²) in [6, 6.07) is 10.4. The lowest BCUT2D eigenvalue weighted by Gasteiger charge is -2.25. The van der Waals surface area contributed by atoms with Crippen LogP contribution in [0.25, 0.3) is 0 Å². The van der Waals surface area contributed by atoms with Gasteiger partial charge in [-0.15, -0.1) is 0 Å². The third-order valence-electron chi connectivity index (χ3n) is 5.51. The fourth-order valence-electron chi connectivity index (χ4n) is 4.01. The van der Waals surface area contributed by atoms with Gasteiger partial charge in [0, 0.05) is 25.7 Å². The number of nitrogens with one attached hydrogen (secondary N) is 1. The Bertz CT molecular complexity index is 616. The maximum atomic E-state index is 12.3. The van der Waals surface area contributed by atoms with Crippen LogP contribution in [0.4, 0.5) is 0 Å². The number of carbonyl (C=O) groups is 1. The summed E-state index contributed by atoms with van der Waals surface area (Å²) in [7, 11) is 0. The summed E-state index contributed by atoms with van der Waals surface area (Å²) in [5.74, 6) is 0.192. The largest absolute Gasteiger partial charge is 0.352 e. The normalized spacial score (nSPS) is 20.3. The van der Waals surface area contributed by atoms with Crippen molar-refractivity contribution in [1.29, 1.82) is 5.26 Å². The van der Waals surface area contributed by atoms with Crippen LogP contribution in [0.15, 0.2) is 24.3 Å². The van der Waals surface area contributed by atoms with Crippen molar-refractivity contribution in [3.05, 3.63) is 35.4 Å². The number of hydrogen-bond donors (Lipinski definition) is 1. The molecule has 1 aliphatic heterocycles. The smallest absolute Gasteiger partial charge is 0.234 e. The molecule has 1 aromatic carbocycles. The summed E-state index contributed by atoms with van der Waals surface area (Å²) >= 11 is 0. The first-order valence-corrected chi connectivity index (χ1v) is 9.96. The van der Waals surface area contributed by atoms with Gasteiger partial charge in [-0.25, -0.2) is 0 Å². The van der Waals surface area contributed by atoms with Crippen molar-refractivity contribution < 1.29 is 4.79 Å². The van der Waals surface area contributed by atoms with Gasteiger partial charge in [-0.2, -0.15) is 5.26 Å². The van der Waals surface area contributed by atoms with Crippen molar-refractivity contribution >= 4 is 5.91 Å². The number of nitriles is 1. The number of amides is 1. The summed E-state index contributed by atoms with van der Waals surface area (Å²) in [6.07, 6.45) is 7.19. The number of rotatable bonds is 5. The Morgan fingerprint density at radius 1 is 1.00 bits per heavy atom. The molecule has 1 aromatic rings. The molecule has 1 saturated carbocycles. The minimum absolute atomic E-state index is 0.192. The third kappa shape index (κ3) is 5.82. The highest BCUT2D eigenvalue weighted by atomic mass is 16.2. The van der Waals surface area contributed by atoms with Crippen LogP contribution >= 0.6 is 0 Å². The lowest BCUT2D eigenvalue weighted by molar-refractivity contribution is -0.123. The Kier molecular flexibility index (Phi) is 7.04. The summed E-state index contributed by atoms with van der Waals surface area (Å²) in [5, 5.41) is 12.1. The van der Waals surface area contributed by atoms with E-state index in [0.29, 0.717) is 18.2 Å². The number of carbonyl (C=O) groups excluding carboxylic acids is 1. The molecule has 0 bridgehead atoms. The second-order valence-corrected chi connectivity index (χ2v) is 7.62. The zero-order valence-corrected chi connectivity index (χ0v) is 15.6. The van der Waals surface area contributed by atoms with Crippen LogP contribution in [0.3, 0.4) is 0 Å². The summed E-state index contributed by atoms with van der Waals surface area (Å²) in [4.78, 5) is 17.1. The van der Waals surface area contributed by atoms with Gasteiger partial charge in [0.15, 0.2) is 0 Å². The van der Waals surface area contributed by atoms with Crippen LogP contribution in [0, 0.1) is 11.3 Å². The average Bonchev–Trinajstić information content (AvgIpc) is 2.88. The van der Waals surface area contributed by atoms with E-state index in [0.717, 1.165) is 52.0 Å². The van der Waals surface area contributed by atoms with Gasteiger partial charge in [0.1, 0.15) is 0 Å². The zero-order chi connectivity index (χ0) is 18.2. The van der Waals surface area contributed by atoms with Gasteiger partial charge in [0.25, 0.3) is 0 Å². The van der Waals surface area contributed by atoms with E-state index in [9.17, 15) is 4.79 Å². The van der Waals surface area contributed by atoms with E-state index in [1.807, 2.05) is 24.3 Å². The van der Waals surface area contributed by atoms with E-state index in [-0.39, 0.29) is 5.91 Å². The highest BCUT2D eigenvalue weighted by Gasteiger charge is 2.20. The molecule has 2 aliphatic rings. The first-order chi connectivity index (χ1) is 12.7. The van der Waals surface area contributed by atoms with Gasteiger partial charge in [-0.3, -0.25) is 14.6 Å². The van der Waals surface area contributed by atoms with Crippen molar-refractivity contribution in [1.82, 2.24) is 15.1 Å². The van der Waals surface area contributed by atoms with Crippen LogP contribution in [0.5, 0.6) is 0 Å². The molecule has 1 aliphatic carbocycles. The molecular weight excluding hydrogens is 324 g/mol. The van der Waals surface area contributed by atoms with Crippen molar-refractivity contribution in [2.75, 3.05) is 32.7 Å². The van der Waals surface area contributed by atoms with E-state index in [2.05, 4.69) is 21.2 Å². The van der Waals surface area contributed by atoms with Crippen molar-refractivity contribution in [2.24, 2.45) is 0 Å². The molecule has 140 valence electrons. The minimum atomic E-state index is 0.192. The standard InChI is InChI=1S/C21H30N4O/c22-15-18-7-9-19(10-8-18)16-24-11-4-12-25(14-13-24)17-21(26)23-20-5-2-1-3-6-20/h7-10,20H,1-6,11-14,16-17H2,(H,23,26). The molecular formula is C21H30N4O. The molecule has 2 fully saturated rings. The molecule has 1 heterocycles. The zero-order valence-electron chi connectivity index (χ0n) is 15.6. The van der Waals surface area contributed by atoms with Crippen LogP contribution < -0.4 is 5.32 Å².